The minimum absolute atomic E-state index is 0.0915. The van der Waals surface area contributed by atoms with Gasteiger partial charge < -0.3 is 15.4 Å². The van der Waals surface area contributed by atoms with E-state index in [0.717, 1.165) is 17.1 Å². The minimum Gasteiger partial charge on any atom is -0.492 e. The summed E-state index contributed by atoms with van der Waals surface area (Å²) >= 11 is 1.42. The fourth-order valence-corrected chi connectivity index (χ4v) is 3.13. The van der Waals surface area contributed by atoms with Crippen LogP contribution in [-0.2, 0) is 11.2 Å². The van der Waals surface area contributed by atoms with Crippen LogP contribution in [0.2, 0.25) is 0 Å². The first-order valence-corrected chi connectivity index (χ1v) is 9.45. The summed E-state index contributed by atoms with van der Waals surface area (Å²) in [5.41, 5.74) is 2.48. The highest BCUT2D eigenvalue weighted by Gasteiger charge is 2.09. The first-order chi connectivity index (χ1) is 13.1. The van der Waals surface area contributed by atoms with E-state index in [9.17, 15) is 4.79 Å². The first kappa shape index (κ1) is 18.8. The van der Waals surface area contributed by atoms with Gasteiger partial charge in [-0.05, 0) is 32.0 Å². The van der Waals surface area contributed by atoms with Gasteiger partial charge >= 0.3 is 0 Å². The Labute approximate surface area is 161 Å². The highest BCUT2D eigenvalue weighted by Crippen LogP contribution is 2.19. The molecule has 0 aliphatic heterocycles. The van der Waals surface area contributed by atoms with Crippen LogP contribution in [-0.4, -0.2) is 34.0 Å². The molecule has 0 saturated carbocycles. The Balaban J connectivity index is 1.43. The van der Waals surface area contributed by atoms with Crippen molar-refractivity contribution in [3.8, 4) is 5.75 Å². The van der Waals surface area contributed by atoms with Gasteiger partial charge in [-0.25, -0.2) is 15.0 Å². The van der Waals surface area contributed by atoms with Crippen molar-refractivity contribution in [1.29, 1.82) is 0 Å². The third kappa shape index (κ3) is 6.03. The Morgan fingerprint density at radius 1 is 1.11 bits per heavy atom. The number of aryl methyl sites for hydroxylation is 2. The molecule has 2 heterocycles. The predicted molar refractivity (Wildman–Crippen MR) is 106 cm³/mol. The topological polar surface area (TPSA) is 89.0 Å². The molecule has 0 atom stereocenters. The van der Waals surface area contributed by atoms with Gasteiger partial charge in [0.2, 0.25) is 11.9 Å². The lowest BCUT2D eigenvalue weighted by molar-refractivity contribution is -0.120. The Bertz CT molecular complexity index is 878. The molecule has 0 saturated heterocycles. The molecule has 0 unspecified atom stereocenters. The summed E-state index contributed by atoms with van der Waals surface area (Å²) in [6.45, 7) is 4.70. The van der Waals surface area contributed by atoms with E-state index in [1.54, 1.807) is 0 Å². The van der Waals surface area contributed by atoms with Crippen LogP contribution in [0.4, 0.5) is 11.1 Å². The Kier molecular flexibility index (Phi) is 6.32. The lowest BCUT2D eigenvalue weighted by Crippen LogP contribution is -2.29. The number of hydrogen-bond acceptors (Lipinski definition) is 7. The van der Waals surface area contributed by atoms with E-state index in [0.29, 0.717) is 29.9 Å². The van der Waals surface area contributed by atoms with Gasteiger partial charge in [-0.1, -0.05) is 18.2 Å². The summed E-state index contributed by atoms with van der Waals surface area (Å²) in [4.78, 5) is 25.1. The number of hydrogen-bond donors (Lipinski definition) is 2. The summed E-state index contributed by atoms with van der Waals surface area (Å²) in [7, 11) is 0. The standard InChI is InChI=1S/C19H21N5O2S/c1-13-10-14(2)22-18(21-13)24-19-23-15(12-27-19)11-17(25)20-8-9-26-16-6-4-3-5-7-16/h3-7,10,12H,8-9,11H2,1-2H3,(H,20,25)(H,21,22,23,24). The number of carbonyl (C=O) groups excluding carboxylic acids is 1. The molecule has 2 N–H and O–H groups in total. The summed E-state index contributed by atoms with van der Waals surface area (Å²) in [5.74, 6) is 1.21. The van der Waals surface area contributed by atoms with Crippen LogP contribution in [0.15, 0.2) is 41.8 Å². The molecule has 0 aliphatic carbocycles. The summed E-state index contributed by atoms with van der Waals surface area (Å²) in [5, 5.41) is 8.43. The number of para-hydroxylation sites is 1. The van der Waals surface area contributed by atoms with Gasteiger partial charge in [-0.15, -0.1) is 11.3 Å². The maximum atomic E-state index is 12.0. The number of thiazole rings is 1. The van der Waals surface area contributed by atoms with E-state index in [4.69, 9.17) is 4.74 Å². The van der Waals surface area contributed by atoms with Crippen LogP contribution >= 0.6 is 11.3 Å². The zero-order chi connectivity index (χ0) is 19.1. The molecular formula is C19H21N5O2S. The largest absolute Gasteiger partial charge is 0.492 e. The molecule has 0 bridgehead atoms. The highest BCUT2D eigenvalue weighted by molar-refractivity contribution is 7.13. The number of nitrogens with zero attached hydrogens (tertiary/aromatic N) is 3. The highest BCUT2D eigenvalue weighted by atomic mass is 32.1. The summed E-state index contributed by atoms with van der Waals surface area (Å²) in [6.07, 6.45) is 0.219. The monoisotopic (exact) mass is 383 g/mol. The first-order valence-electron chi connectivity index (χ1n) is 8.57. The lowest BCUT2D eigenvalue weighted by Gasteiger charge is -2.07. The average molecular weight is 383 g/mol. The van der Waals surface area contributed by atoms with Crippen molar-refractivity contribution in [2.24, 2.45) is 0 Å². The quantitative estimate of drug-likeness (QED) is 0.581. The Morgan fingerprint density at radius 2 is 1.85 bits per heavy atom. The van der Waals surface area contributed by atoms with Crippen molar-refractivity contribution < 1.29 is 9.53 Å². The molecular weight excluding hydrogens is 362 g/mol. The van der Waals surface area contributed by atoms with Gasteiger partial charge in [0, 0.05) is 16.8 Å². The van der Waals surface area contributed by atoms with Crippen molar-refractivity contribution in [2.45, 2.75) is 20.3 Å². The number of carbonyl (C=O) groups is 1. The fourth-order valence-electron chi connectivity index (χ4n) is 2.43. The molecule has 7 nitrogen and oxygen atoms in total. The molecule has 3 aromatic rings. The van der Waals surface area contributed by atoms with E-state index in [-0.39, 0.29) is 12.3 Å². The summed E-state index contributed by atoms with van der Waals surface area (Å²) in [6, 6.07) is 11.4. The maximum Gasteiger partial charge on any atom is 0.229 e. The predicted octanol–water partition coefficient (Wildman–Crippen LogP) is 3.03. The molecule has 0 spiro atoms. The number of anilines is 2. The minimum atomic E-state index is -0.0915. The van der Waals surface area contributed by atoms with Gasteiger partial charge in [-0.3, -0.25) is 4.79 Å². The molecule has 0 aliphatic rings. The fraction of sp³-hybridized carbons (Fsp3) is 0.263. The number of aromatic nitrogens is 3. The Hall–Kier alpha value is -3.00. The van der Waals surface area contributed by atoms with Crippen molar-refractivity contribution in [2.75, 3.05) is 18.5 Å². The van der Waals surface area contributed by atoms with Gasteiger partial charge in [0.1, 0.15) is 12.4 Å². The number of rotatable bonds is 8. The van der Waals surface area contributed by atoms with E-state index >= 15 is 0 Å². The average Bonchev–Trinajstić information content (AvgIpc) is 3.05. The second-order valence-corrected chi connectivity index (χ2v) is 6.79. The van der Waals surface area contributed by atoms with Gasteiger partial charge in [0.05, 0.1) is 18.7 Å². The Morgan fingerprint density at radius 3 is 2.59 bits per heavy atom. The summed E-state index contributed by atoms with van der Waals surface area (Å²) < 4.78 is 5.54. The van der Waals surface area contributed by atoms with Gasteiger partial charge in [0.15, 0.2) is 5.13 Å². The number of amides is 1. The molecule has 3 rings (SSSR count). The molecule has 1 aromatic carbocycles. The second-order valence-electron chi connectivity index (χ2n) is 5.93. The zero-order valence-electron chi connectivity index (χ0n) is 15.2. The maximum absolute atomic E-state index is 12.0. The normalized spacial score (nSPS) is 10.4. The van der Waals surface area contributed by atoms with Crippen LogP contribution in [0.5, 0.6) is 5.75 Å². The van der Waals surface area contributed by atoms with Crippen LogP contribution in [0.3, 0.4) is 0 Å². The molecule has 2 aromatic heterocycles. The van der Waals surface area contributed by atoms with Crippen LogP contribution in [0.25, 0.3) is 0 Å². The lowest BCUT2D eigenvalue weighted by atomic mass is 10.3. The molecule has 140 valence electrons. The van der Waals surface area contributed by atoms with Gasteiger partial charge in [-0.2, -0.15) is 0 Å². The van der Waals surface area contributed by atoms with Crippen LogP contribution in [0, 0.1) is 13.8 Å². The van der Waals surface area contributed by atoms with E-state index in [1.807, 2.05) is 55.6 Å². The number of nitrogens with one attached hydrogen (secondary N) is 2. The molecule has 1 amide bonds. The zero-order valence-corrected chi connectivity index (χ0v) is 16.0. The van der Waals surface area contributed by atoms with E-state index in [2.05, 4.69) is 25.6 Å². The van der Waals surface area contributed by atoms with Gasteiger partial charge in [0.25, 0.3) is 0 Å². The molecule has 0 fully saturated rings. The van der Waals surface area contributed by atoms with Crippen molar-refractivity contribution >= 4 is 28.3 Å². The van der Waals surface area contributed by atoms with Crippen LogP contribution in [0.1, 0.15) is 17.1 Å². The molecule has 0 radical (unpaired) electrons. The van der Waals surface area contributed by atoms with E-state index in [1.165, 1.54) is 11.3 Å². The SMILES string of the molecule is Cc1cc(C)nc(Nc2nc(CC(=O)NCCOc3ccccc3)cs2)n1. The molecule has 8 heteroatoms. The molecule has 27 heavy (non-hydrogen) atoms. The number of ether oxygens (including phenoxy) is 1. The van der Waals surface area contributed by atoms with Crippen molar-refractivity contribution in [1.82, 2.24) is 20.3 Å². The van der Waals surface area contributed by atoms with Crippen molar-refractivity contribution in [3.05, 3.63) is 58.9 Å². The van der Waals surface area contributed by atoms with Crippen molar-refractivity contribution in [3.63, 3.8) is 0 Å². The smallest absolute Gasteiger partial charge is 0.229 e. The second kappa shape index (κ2) is 9.09. The number of benzene rings is 1. The third-order valence-corrected chi connectivity index (χ3v) is 4.34. The van der Waals surface area contributed by atoms with Crippen LogP contribution < -0.4 is 15.4 Å². The van der Waals surface area contributed by atoms with E-state index < -0.39 is 0 Å². The third-order valence-electron chi connectivity index (χ3n) is 3.53.